The SMILES string of the molecule is COc1ccc2c(c1)-c1[nH]c3ccc(S(C)(=O)=O)cc3c1CNC2=O. The lowest BCUT2D eigenvalue weighted by Crippen LogP contribution is -2.21. The molecule has 0 aliphatic carbocycles. The Morgan fingerprint density at radius 2 is 1.88 bits per heavy atom. The highest BCUT2D eigenvalue weighted by Gasteiger charge is 2.24. The van der Waals surface area contributed by atoms with E-state index in [2.05, 4.69) is 10.3 Å². The Balaban J connectivity index is 2.03. The Bertz CT molecular complexity index is 1130. The normalized spacial score (nSPS) is 13.8. The fourth-order valence-corrected chi connectivity index (χ4v) is 3.84. The number of carbonyl (C=O) groups excluding carboxylic acids is 1. The molecule has 3 aromatic rings. The molecule has 128 valence electrons. The van der Waals surface area contributed by atoms with Gasteiger partial charge in [0.2, 0.25) is 0 Å². The highest BCUT2D eigenvalue weighted by Crippen LogP contribution is 2.36. The van der Waals surface area contributed by atoms with Crippen molar-refractivity contribution < 1.29 is 17.9 Å². The Kier molecular flexibility index (Phi) is 3.36. The Morgan fingerprint density at radius 1 is 1.08 bits per heavy atom. The molecule has 7 heteroatoms. The molecule has 1 aliphatic rings. The van der Waals surface area contributed by atoms with Crippen LogP contribution in [0.3, 0.4) is 0 Å². The van der Waals surface area contributed by atoms with E-state index in [1.165, 1.54) is 6.26 Å². The first-order valence-electron chi connectivity index (χ1n) is 7.70. The van der Waals surface area contributed by atoms with Crippen molar-refractivity contribution in [2.45, 2.75) is 11.4 Å². The van der Waals surface area contributed by atoms with Crippen LogP contribution >= 0.6 is 0 Å². The van der Waals surface area contributed by atoms with Gasteiger partial charge in [-0.1, -0.05) is 0 Å². The summed E-state index contributed by atoms with van der Waals surface area (Å²) in [6.45, 7) is 0.318. The quantitative estimate of drug-likeness (QED) is 0.738. The Morgan fingerprint density at radius 3 is 2.60 bits per heavy atom. The zero-order chi connectivity index (χ0) is 17.8. The van der Waals surface area contributed by atoms with Crippen molar-refractivity contribution in [3.8, 4) is 17.0 Å². The number of benzene rings is 2. The number of fused-ring (bicyclic) bond motifs is 5. The van der Waals surface area contributed by atoms with Crippen molar-refractivity contribution in [3.63, 3.8) is 0 Å². The van der Waals surface area contributed by atoms with E-state index >= 15 is 0 Å². The summed E-state index contributed by atoms with van der Waals surface area (Å²) >= 11 is 0. The summed E-state index contributed by atoms with van der Waals surface area (Å²) in [6.07, 6.45) is 1.18. The minimum Gasteiger partial charge on any atom is -0.497 e. The van der Waals surface area contributed by atoms with Gasteiger partial charge in [-0.2, -0.15) is 0 Å². The first kappa shape index (κ1) is 15.7. The van der Waals surface area contributed by atoms with Crippen LogP contribution in [0.1, 0.15) is 15.9 Å². The second-order valence-corrected chi connectivity index (χ2v) is 8.07. The maximum atomic E-state index is 12.4. The highest BCUT2D eigenvalue weighted by molar-refractivity contribution is 7.90. The van der Waals surface area contributed by atoms with Gasteiger partial charge in [0.1, 0.15) is 5.75 Å². The van der Waals surface area contributed by atoms with Crippen molar-refractivity contribution in [3.05, 3.63) is 47.5 Å². The predicted octanol–water partition coefficient (Wildman–Crippen LogP) is 2.49. The summed E-state index contributed by atoms with van der Waals surface area (Å²) in [5.41, 5.74) is 3.77. The van der Waals surface area contributed by atoms with Crippen LogP contribution in [-0.4, -0.2) is 32.7 Å². The van der Waals surface area contributed by atoms with Gasteiger partial charge >= 0.3 is 0 Å². The molecule has 0 bridgehead atoms. The van der Waals surface area contributed by atoms with Gasteiger partial charge in [-0.25, -0.2) is 8.42 Å². The number of aromatic nitrogens is 1. The molecule has 0 saturated heterocycles. The number of nitrogens with one attached hydrogen (secondary N) is 2. The molecule has 0 spiro atoms. The average Bonchev–Trinajstić information content (AvgIpc) is 2.89. The van der Waals surface area contributed by atoms with Gasteiger partial charge in [-0.15, -0.1) is 0 Å². The number of amides is 1. The van der Waals surface area contributed by atoms with Gasteiger partial charge < -0.3 is 15.0 Å². The molecule has 0 unspecified atom stereocenters. The van der Waals surface area contributed by atoms with Crippen molar-refractivity contribution in [1.82, 2.24) is 10.3 Å². The molecule has 0 atom stereocenters. The summed E-state index contributed by atoms with van der Waals surface area (Å²) in [6, 6.07) is 10.3. The first-order valence-corrected chi connectivity index (χ1v) is 9.59. The van der Waals surface area contributed by atoms with Crippen LogP contribution in [0.4, 0.5) is 0 Å². The standard InChI is InChI=1S/C18H16N2O4S/c1-24-10-3-5-12-14(7-10)17-15(9-19-18(12)21)13-8-11(25(2,22)23)4-6-16(13)20-17/h3-8,20H,9H2,1-2H3,(H,19,21). The third-order valence-electron chi connectivity index (χ3n) is 4.47. The molecular formula is C18H16N2O4S. The number of hydrogen-bond acceptors (Lipinski definition) is 4. The fraction of sp³-hybridized carbons (Fsp3) is 0.167. The molecule has 4 rings (SSSR count). The van der Waals surface area contributed by atoms with Crippen LogP contribution in [0.5, 0.6) is 5.75 Å². The van der Waals surface area contributed by atoms with Crippen molar-refractivity contribution >= 4 is 26.6 Å². The lowest BCUT2D eigenvalue weighted by molar-refractivity contribution is 0.0953. The zero-order valence-corrected chi connectivity index (χ0v) is 14.5. The number of hydrogen-bond donors (Lipinski definition) is 2. The Hall–Kier alpha value is -2.80. The maximum Gasteiger partial charge on any atom is 0.252 e. The number of H-pyrrole nitrogens is 1. The number of ether oxygens (including phenoxy) is 1. The fourth-order valence-electron chi connectivity index (χ4n) is 3.19. The van der Waals surface area contributed by atoms with Crippen LogP contribution in [0.15, 0.2) is 41.3 Å². The summed E-state index contributed by atoms with van der Waals surface area (Å²) in [5.74, 6) is 0.476. The van der Waals surface area contributed by atoms with E-state index in [4.69, 9.17) is 4.74 Å². The number of carbonyl (C=O) groups is 1. The van der Waals surface area contributed by atoms with Gasteiger partial charge in [0, 0.05) is 40.4 Å². The zero-order valence-electron chi connectivity index (χ0n) is 13.7. The van der Waals surface area contributed by atoms with Crippen LogP contribution in [-0.2, 0) is 16.4 Å². The third kappa shape index (κ3) is 2.47. The summed E-state index contributed by atoms with van der Waals surface area (Å²) in [5, 5.41) is 3.67. The molecule has 0 radical (unpaired) electrons. The number of rotatable bonds is 2. The molecule has 0 saturated carbocycles. The van der Waals surface area contributed by atoms with Crippen molar-refractivity contribution in [1.29, 1.82) is 0 Å². The van der Waals surface area contributed by atoms with Crippen LogP contribution in [0.25, 0.3) is 22.2 Å². The predicted molar refractivity (Wildman–Crippen MR) is 94.6 cm³/mol. The van der Waals surface area contributed by atoms with Gasteiger partial charge in [-0.05, 0) is 36.4 Å². The van der Waals surface area contributed by atoms with E-state index in [9.17, 15) is 13.2 Å². The second-order valence-electron chi connectivity index (χ2n) is 6.05. The van der Waals surface area contributed by atoms with Crippen molar-refractivity contribution in [2.75, 3.05) is 13.4 Å². The van der Waals surface area contributed by atoms with Gasteiger partial charge in [-0.3, -0.25) is 4.79 Å². The summed E-state index contributed by atoms with van der Waals surface area (Å²) in [7, 11) is -1.74. The molecule has 1 amide bonds. The molecular weight excluding hydrogens is 340 g/mol. The maximum absolute atomic E-state index is 12.4. The van der Waals surface area contributed by atoms with E-state index < -0.39 is 9.84 Å². The monoisotopic (exact) mass is 356 g/mol. The molecule has 2 N–H and O–H groups in total. The molecule has 1 aromatic heterocycles. The smallest absolute Gasteiger partial charge is 0.252 e. The largest absolute Gasteiger partial charge is 0.497 e. The number of sulfone groups is 1. The van der Waals surface area contributed by atoms with E-state index in [0.29, 0.717) is 17.9 Å². The lowest BCUT2D eigenvalue weighted by atomic mass is 10.0. The lowest BCUT2D eigenvalue weighted by Gasteiger charge is -2.07. The number of aromatic amines is 1. The molecule has 25 heavy (non-hydrogen) atoms. The van der Waals surface area contributed by atoms with Gasteiger partial charge in [0.15, 0.2) is 9.84 Å². The van der Waals surface area contributed by atoms with Crippen LogP contribution in [0, 0.1) is 0 Å². The highest BCUT2D eigenvalue weighted by atomic mass is 32.2. The van der Waals surface area contributed by atoms with E-state index in [1.807, 2.05) is 6.07 Å². The summed E-state index contributed by atoms with van der Waals surface area (Å²) < 4.78 is 29.0. The second kappa shape index (κ2) is 5.35. The minimum atomic E-state index is -3.31. The molecule has 1 aliphatic heterocycles. The van der Waals surface area contributed by atoms with E-state index in [0.717, 1.165) is 27.7 Å². The summed E-state index contributed by atoms with van der Waals surface area (Å²) in [4.78, 5) is 15.9. The molecule has 2 aromatic carbocycles. The topological polar surface area (TPSA) is 88.3 Å². The molecule has 2 heterocycles. The van der Waals surface area contributed by atoms with Gasteiger partial charge in [0.25, 0.3) is 5.91 Å². The average molecular weight is 356 g/mol. The molecule has 0 fully saturated rings. The van der Waals surface area contributed by atoms with Crippen LogP contribution < -0.4 is 10.1 Å². The van der Waals surface area contributed by atoms with Crippen molar-refractivity contribution in [2.24, 2.45) is 0 Å². The van der Waals surface area contributed by atoms with Crippen LogP contribution in [0.2, 0.25) is 0 Å². The van der Waals surface area contributed by atoms with E-state index in [1.54, 1.807) is 37.4 Å². The first-order chi connectivity index (χ1) is 11.9. The van der Waals surface area contributed by atoms with E-state index in [-0.39, 0.29) is 10.8 Å². The number of methoxy groups -OCH3 is 1. The third-order valence-corrected chi connectivity index (χ3v) is 5.58. The Labute approximate surface area is 144 Å². The van der Waals surface area contributed by atoms with Gasteiger partial charge in [0.05, 0.1) is 17.7 Å². The molecule has 6 nitrogen and oxygen atoms in total. The minimum absolute atomic E-state index is 0.172.